The summed E-state index contributed by atoms with van der Waals surface area (Å²) < 4.78 is 16.9. The zero-order valence-electron chi connectivity index (χ0n) is 20.3. The van der Waals surface area contributed by atoms with E-state index in [-0.39, 0.29) is 29.7 Å². The molecule has 2 aliphatic heterocycles. The zero-order valence-corrected chi connectivity index (χ0v) is 20.3. The largest absolute Gasteiger partial charge is 0.508 e. The van der Waals surface area contributed by atoms with Crippen molar-refractivity contribution in [3.05, 3.63) is 53.6 Å². The molecule has 2 fully saturated rings. The summed E-state index contributed by atoms with van der Waals surface area (Å²) in [6.45, 7) is 5.84. The van der Waals surface area contributed by atoms with Crippen LogP contribution in [0.4, 0.5) is 0 Å². The van der Waals surface area contributed by atoms with E-state index >= 15 is 0 Å². The lowest BCUT2D eigenvalue weighted by atomic mass is 9.83. The molecule has 2 saturated heterocycles. The maximum absolute atomic E-state index is 13.4. The first-order chi connectivity index (χ1) is 16.5. The Balaban J connectivity index is 1.70. The lowest BCUT2D eigenvalue weighted by Crippen LogP contribution is -2.42. The molecule has 2 aromatic rings. The number of hydrogen-bond donors (Lipinski definition) is 3. The maximum atomic E-state index is 13.4. The van der Waals surface area contributed by atoms with Gasteiger partial charge in [0, 0.05) is 25.1 Å². The molecule has 4 unspecified atom stereocenters. The summed E-state index contributed by atoms with van der Waals surface area (Å²) in [7, 11) is 3.26. The number of carbonyl (C=O) groups is 1. The number of rotatable bonds is 10. The third-order valence-corrected chi connectivity index (χ3v) is 6.70. The van der Waals surface area contributed by atoms with E-state index in [1.54, 1.807) is 26.4 Å². The van der Waals surface area contributed by atoms with E-state index in [0.717, 1.165) is 17.5 Å². The highest BCUT2D eigenvalue weighted by molar-refractivity contribution is 5.86. The molecule has 3 N–H and O–H groups in total. The van der Waals surface area contributed by atoms with Crippen molar-refractivity contribution in [2.24, 2.45) is 11.8 Å². The molecule has 0 aromatic heterocycles. The molecule has 4 rings (SSSR count). The molecule has 2 aromatic carbocycles. The summed E-state index contributed by atoms with van der Waals surface area (Å²) in [5.74, 6) is 1.95. The van der Waals surface area contributed by atoms with Gasteiger partial charge in [-0.15, -0.1) is 0 Å². The van der Waals surface area contributed by atoms with Crippen LogP contribution in [0.1, 0.15) is 43.5 Å². The van der Waals surface area contributed by atoms with E-state index < -0.39 is 6.04 Å². The molecule has 0 aliphatic carbocycles. The van der Waals surface area contributed by atoms with E-state index in [2.05, 4.69) is 24.7 Å². The van der Waals surface area contributed by atoms with Crippen molar-refractivity contribution in [1.82, 2.24) is 15.8 Å². The number of hydrogen-bond acceptors (Lipinski definition) is 7. The Morgan fingerprint density at radius 1 is 1.03 bits per heavy atom. The molecule has 2 heterocycles. The average Bonchev–Trinajstić information content (AvgIpc) is 3.37. The topological polar surface area (TPSA) is 92.3 Å². The molecule has 34 heavy (non-hydrogen) atoms. The second-order valence-electron chi connectivity index (χ2n) is 9.29. The molecule has 0 bridgehead atoms. The summed E-state index contributed by atoms with van der Waals surface area (Å²) >= 11 is 0. The lowest BCUT2D eigenvalue weighted by Gasteiger charge is -2.31. The molecular formula is C26H35N3O5. The minimum absolute atomic E-state index is 0.00805. The minimum atomic E-state index is -0.417. The van der Waals surface area contributed by atoms with E-state index in [1.165, 1.54) is 0 Å². The fourth-order valence-electron chi connectivity index (χ4n) is 4.95. The van der Waals surface area contributed by atoms with Gasteiger partial charge >= 0.3 is 0 Å². The highest BCUT2D eigenvalue weighted by Crippen LogP contribution is 2.49. The predicted octanol–water partition coefficient (Wildman–Crippen LogP) is 3.19. The van der Waals surface area contributed by atoms with Gasteiger partial charge in [-0.2, -0.15) is 0 Å². The van der Waals surface area contributed by atoms with Crippen molar-refractivity contribution >= 4 is 5.91 Å². The third-order valence-electron chi connectivity index (χ3n) is 6.70. The predicted molar refractivity (Wildman–Crippen MR) is 129 cm³/mol. The summed E-state index contributed by atoms with van der Waals surface area (Å²) in [4.78, 5) is 15.3. The Bertz CT molecular complexity index is 998. The van der Waals surface area contributed by atoms with Gasteiger partial charge in [-0.3, -0.25) is 4.79 Å². The van der Waals surface area contributed by atoms with Crippen molar-refractivity contribution in [1.29, 1.82) is 0 Å². The standard InChI is InChI=1S/C26H35N3O5/c1-16(2)11-13-34-20-10-9-17(15-21(20)33-4)25-22-23(18-7-5-6-8-19(18)30)27-28-24(22)26(31)29(25)12-14-32-3/h5-10,15-16,22-25,27-28,30H,11-14H2,1-4H3. The molecule has 0 spiro atoms. The number of benzene rings is 2. The van der Waals surface area contributed by atoms with Crippen LogP contribution in [-0.4, -0.2) is 55.9 Å². The van der Waals surface area contributed by atoms with Crippen LogP contribution in [-0.2, 0) is 9.53 Å². The molecule has 4 atom stereocenters. The van der Waals surface area contributed by atoms with E-state index in [1.807, 2.05) is 35.2 Å². The Morgan fingerprint density at radius 3 is 2.50 bits per heavy atom. The van der Waals surface area contributed by atoms with E-state index in [0.29, 0.717) is 37.2 Å². The molecule has 2 aliphatic rings. The highest BCUT2D eigenvalue weighted by atomic mass is 16.5. The number of carbonyl (C=O) groups excluding carboxylic acids is 1. The van der Waals surface area contributed by atoms with Crippen LogP contribution in [0.25, 0.3) is 0 Å². The average molecular weight is 470 g/mol. The van der Waals surface area contributed by atoms with Gasteiger partial charge in [0.15, 0.2) is 11.5 Å². The number of ether oxygens (including phenoxy) is 3. The molecule has 8 heteroatoms. The Morgan fingerprint density at radius 2 is 1.79 bits per heavy atom. The van der Waals surface area contributed by atoms with Crippen molar-refractivity contribution < 1.29 is 24.1 Å². The number of nitrogens with one attached hydrogen (secondary N) is 2. The van der Waals surface area contributed by atoms with Gasteiger partial charge in [0.25, 0.3) is 0 Å². The smallest absolute Gasteiger partial charge is 0.242 e. The monoisotopic (exact) mass is 469 g/mol. The van der Waals surface area contributed by atoms with Crippen molar-refractivity contribution in [2.45, 2.75) is 38.4 Å². The van der Waals surface area contributed by atoms with Crippen LogP contribution in [0.5, 0.6) is 17.2 Å². The fraction of sp³-hybridized carbons (Fsp3) is 0.500. The van der Waals surface area contributed by atoms with Gasteiger partial charge in [0.1, 0.15) is 11.8 Å². The second kappa shape index (κ2) is 10.6. The van der Waals surface area contributed by atoms with Crippen LogP contribution >= 0.6 is 0 Å². The number of methoxy groups -OCH3 is 2. The van der Waals surface area contributed by atoms with Crippen LogP contribution < -0.4 is 20.3 Å². The fourth-order valence-corrected chi connectivity index (χ4v) is 4.95. The Kier molecular flexibility index (Phi) is 7.60. The van der Waals surface area contributed by atoms with Crippen LogP contribution in [0, 0.1) is 11.8 Å². The van der Waals surface area contributed by atoms with Gasteiger partial charge in [0.2, 0.25) is 5.91 Å². The summed E-state index contributed by atoms with van der Waals surface area (Å²) in [6.07, 6.45) is 0.955. The van der Waals surface area contributed by atoms with E-state index in [4.69, 9.17) is 14.2 Å². The second-order valence-corrected chi connectivity index (χ2v) is 9.29. The van der Waals surface area contributed by atoms with Crippen LogP contribution in [0.2, 0.25) is 0 Å². The van der Waals surface area contributed by atoms with Gasteiger partial charge in [-0.25, -0.2) is 10.9 Å². The molecule has 184 valence electrons. The maximum Gasteiger partial charge on any atom is 0.242 e. The number of phenolic OH excluding ortho intramolecular Hbond substituents is 1. The van der Waals surface area contributed by atoms with Gasteiger partial charge < -0.3 is 24.2 Å². The third kappa shape index (κ3) is 4.71. The number of para-hydroxylation sites is 1. The first kappa shape index (κ1) is 24.3. The highest BCUT2D eigenvalue weighted by Gasteiger charge is 2.55. The van der Waals surface area contributed by atoms with Crippen molar-refractivity contribution in [2.75, 3.05) is 34.0 Å². The van der Waals surface area contributed by atoms with Crippen molar-refractivity contribution in [3.63, 3.8) is 0 Å². The molecule has 0 radical (unpaired) electrons. The number of aromatic hydroxyl groups is 1. The number of phenols is 1. The molecule has 8 nitrogen and oxygen atoms in total. The van der Waals surface area contributed by atoms with E-state index in [9.17, 15) is 9.90 Å². The van der Waals surface area contributed by atoms with Gasteiger partial charge in [-0.1, -0.05) is 38.1 Å². The molecule has 0 saturated carbocycles. The first-order valence-corrected chi connectivity index (χ1v) is 11.8. The minimum Gasteiger partial charge on any atom is -0.508 e. The number of nitrogens with zero attached hydrogens (tertiary/aromatic N) is 1. The zero-order chi connectivity index (χ0) is 24.2. The summed E-state index contributed by atoms with van der Waals surface area (Å²) in [5.41, 5.74) is 8.15. The SMILES string of the molecule is COCCN1C(=O)C2NNC(c3ccccc3O)C2C1c1ccc(OCCC(C)C)c(OC)c1. The Hall–Kier alpha value is -2.81. The normalized spacial score (nSPS) is 24.0. The lowest BCUT2D eigenvalue weighted by molar-refractivity contribution is -0.131. The summed E-state index contributed by atoms with van der Waals surface area (Å²) in [6, 6.07) is 12.2. The van der Waals surface area contributed by atoms with Gasteiger partial charge in [0.05, 0.1) is 32.4 Å². The molecular weight excluding hydrogens is 434 g/mol. The van der Waals surface area contributed by atoms with Gasteiger partial charge in [-0.05, 0) is 36.1 Å². The van der Waals surface area contributed by atoms with Crippen LogP contribution in [0.3, 0.4) is 0 Å². The quantitative estimate of drug-likeness (QED) is 0.492. The Labute approximate surface area is 201 Å². The number of fused-ring (bicyclic) bond motifs is 1. The summed E-state index contributed by atoms with van der Waals surface area (Å²) in [5, 5.41) is 10.5. The van der Waals surface area contributed by atoms with Crippen LogP contribution in [0.15, 0.2) is 42.5 Å². The number of hydrazine groups is 1. The number of likely N-dealkylation sites (tertiary alicyclic amines) is 1. The number of amides is 1. The first-order valence-electron chi connectivity index (χ1n) is 11.8. The van der Waals surface area contributed by atoms with Crippen molar-refractivity contribution in [3.8, 4) is 17.2 Å². The molecule has 1 amide bonds.